The van der Waals surface area contributed by atoms with Crippen molar-refractivity contribution in [1.82, 2.24) is 0 Å². The topological polar surface area (TPSA) is 42.2 Å². The van der Waals surface area contributed by atoms with Crippen molar-refractivity contribution in [3.8, 4) is 17.6 Å². The lowest BCUT2D eigenvalue weighted by atomic mass is 9.93. The second-order valence-electron chi connectivity index (χ2n) is 6.95. The van der Waals surface area contributed by atoms with Crippen LogP contribution in [0, 0.1) is 24.1 Å². The minimum absolute atomic E-state index is 0.281. The lowest BCUT2D eigenvalue weighted by Crippen LogP contribution is -2.09. The van der Waals surface area contributed by atoms with Crippen LogP contribution >= 0.6 is 39.1 Å². The lowest BCUT2D eigenvalue weighted by molar-refractivity contribution is 0.217. The molecule has 1 atom stereocenters. The number of nitriles is 1. The number of benzene rings is 3. The van der Waals surface area contributed by atoms with Gasteiger partial charge >= 0.3 is 0 Å². The molecule has 3 aromatic carbocycles. The normalized spacial score (nSPS) is 11.6. The Hall–Kier alpha value is -2.26. The van der Waals surface area contributed by atoms with Crippen molar-refractivity contribution in [2.45, 2.75) is 19.3 Å². The molecule has 3 nitrogen and oxygen atoms in total. The molecule has 0 N–H and O–H groups in total. The van der Waals surface area contributed by atoms with Crippen LogP contribution in [0.4, 0.5) is 4.39 Å². The highest BCUT2D eigenvalue weighted by atomic mass is 79.9. The molecule has 0 saturated carbocycles. The number of halogens is 4. The molecule has 160 valence electrons. The molecule has 0 aliphatic carbocycles. The molecule has 0 spiro atoms. The van der Waals surface area contributed by atoms with Gasteiger partial charge < -0.3 is 9.47 Å². The molecule has 1 unspecified atom stereocenters. The molecule has 0 bridgehead atoms. The molecule has 0 radical (unpaired) electrons. The quantitative estimate of drug-likeness (QED) is 0.287. The van der Waals surface area contributed by atoms with Crippen LogP contribution in [0.3, 0.4) is 0 Å². The summed E-state index contributed by atoms with van der Waals surface area (Å²) in [5.74, 6) is 0.138. The van der Waals surface area contributed by atoms with E-state index in [0.717, 1.165) is 11.1 Å². The van der Waals surface area contributed by atoms with Crippen molar-refractivity contribution in [2.75, 3.05) is 13.2 Å². The van der Waals surface area contributed by atoms with Gasteiger partial charge in [-0.2, -0.15) is 5.26 Å². The highest BCUT2D eigenvalue weighted by Crippen LogP contribution is 2.34. The molecule has 0 aliphatic heterocycles. The van der Waals surface area contributed by atoms with E-state index in [0.29, 0.717) is 44.6 Å². The number of rotatable bonds is 8. The molecule has 0 saturated heterocycles. The standard InChI is InChI=1S/C24H19BrCl2FNO2/c1-15-10-21(26)24(22(27)11-15)31-9-8-30-19-5-2-16(3-6-19)12-17(14-29)20-7-4-18(25)13-23(20)28/h2-7,10-11,13,17H,8-9,12H2,1H3. The van der Waals surface area contributed by atoms with Crippen molar-refractivity contribution < 1.29 is 13.9 Å². The van der Waals surface area contributed by atoms with Gasteiger partial charge in [-0.25, -0.2) is 4.39 Å². The number of hydrogen-bond acceptors (Lipinski definition) is 3. The first-order valence-corrected chi connectivity index (χ1v) is 11.1. The van der Waals surface area contributed by atoms with Gasteiger partial charge in [0.05, 0.1) is 22.0 Å². The summed E-state index contributed by atoms with van der Waals surface area (Å²) in [5.41, 5.74) is 2.26. The third-order valence-corrected chi connectivity index (χ3v) is 5.65. The van der Waals surface area contributed by atoms with Crippen LogP contribution < -0.4 is 9.47 Å². The average Bonchev–Trinajstić information content (AvgIpc) is 2.72. The van der Waals surface area contributed by atoms with Crippen molar-refractivity contribution in [1.29, 1.82) is 5.26 Å². The zero-order valence-corrected chi connectivity index (χ0v) is 19.8. The van der Waals surface area contributed by atoms with E-state index >= 15 is 0 Å². The molecule has 31 heavy (non-hydrogen) atoms. The van der Waals surface area contributed by atoms with Crippen LogP contribution in [0.25, 0.3) is 0 Å². The minimum atomic E-state index is -0.572. The van der Waals surface area contributed by atoms with Crippen molar-refractivity contribution in [2.24, 2.45) is 0 Å². The summed E-state index contributed by atoms with van der Waals surface area (Å²) in [6.45, 7) is 2.50. The van der Waals surface area contributed by atoms with Crippen LogP contribution in [-0.4, -0.2) is 13.2 Å². The Bertz CT molecular complexity index is 1080. The second-order valence-corrected chi connectivity index (χ2v) is 8.68. The van der Waals surface area contributed by atoms with Gasteiger partial charge in [-0.1, -0.05) is 57.3 Å². The Kier molecular flexibility index (Phi) is 8.20. The van der Waals surface area contributed by atoms with Gasteiger partial charge in [-0.15, -0.1) is 0 Å². The van der Waals surface area contributed by atoms with Crippen LogP contribution in [0.15, 0.2) is 59.1 Å². The lowest BCUT2D eigenvalue weighted by Gasteiger charge is -2.13. The van der Waals surface area contributed by atoms with Gasteiger partial charge in [-0.05, 0) is 60.9 Å². The molecular weight excluding hydrogens is 504 g/mol. The highest BCUT2D eigenvalue weighted by molar-refractivity contribution is 9.10. The molecule has 0 amide bonds. The summed E-state index contributed by atoms with van der Waals surface area (Å²) in [5, 5.41) is 10.4. The van der Waals surface area contributed by atoms with E-state index in [9.17, 15) is 9.65 Å². The molecule has 0 fully saturated rings. The first kappa shape index (κ1) is 23.4. The van der Waals surface area contributed by atoms with E-state index in [1.807, 2.05) is 31.2 Å². The Morgan fingerprint density at radius 3 is 2.26 bits per heavy atom. The monoisotopic (exact) mass is 521 g/mol. The predicted octanol–water partition coefficient (Wildman–Crippen LogP) is 7.51. The fraction of sp³-hybridized carbons (Fsp3) is 0.208. The van der Waals surface area contributed by atoms with Crippen LogP contribution in [0.5, 0.6) is 11.5 Å². The maximum absolute atomic E-state index is 14.2. The Balaban J connectivity index is 1.54. The zero-order chi connectivity index (χ0) is 22.4. The maximum atomic E-state index is 14.2. The second kappa shape index (κ2) is 10.9. The van der Waals surface area contributed by atoms with E-state index in [-0.39, 0.29) is 6.61 Å². The molecule has 7 heteroatoms. The molecular formula is C24H19BrCl2FNO2. The smallest absolute Gasteiger partial charge is 0.156 e. The summed E-state index contributed by atoms with van der Waals surface area (Å²) < 4.78 is 26.2. The van der Waals surface area contributed by atoms with Gasteiger partial charge in [-0.3, -0.25) is 0 Å². The summed E-state index contributed by atoms with van der Waals surface area (Å²) in [7, 11) is 0. The third kappa shape index (κ3) is 6.36. The van der Waals surface area contributed by atoms with Gasteiger partial charge in [0.25, 0.3) is 0 Å². The van der Waals surface area contributed by atoms with Crippen molar-refractivity contribution in [3.63, 3.8) is 0 Å². The number of aryl methyl sites for hydroxylation is 1. The fourth-order valence-corrected chi connectivity index (χ4v) is 4.13. The Morgan fingerprint density at radius 2 is 1.65 bits per heavy atom. The van der Waals surface area contributed by atoms with E-state index in [1.54, 1.807) is 24.3 Å². The first-order valence-electron chi connectivity index (χ1n) is 9.52. The number of hydrogen-bond donors (Lipinski definition) is 0. The maximum Gasteiger partial charge on any atom is 0.156 e. The van der Waals surface area contributed by atoms with Gasteiger partial charge in [0.1, 0.15) is 24.8 Å². The Morgan fingerprint density at radius 1 is 1.00 bits per heavy atom. The summed E-state index contributed by atoms with van der Waals surface area (Å²) in [6.07, 6.45) is 0.406. The molecule has 0 aliphatic rings. The van der Waals surface area contributed by atoms with Gasteiger partial charge in [0.15, 0.2) is 5.75 Å². The van der Waals surface area contributed by atoms with E-state index in [2.05, 4.69) is 22.0 Å². The van der Waals surface area contributed by atoms with E-state index in [1.165, 1.54) is 6.07 Å². The summed E-state index contributed by atoms with van der Waals surface area (Å²) in [6, 6.07) is 17.9. The van der Waals surface area contributed by atoms with E-state index < -0.39 is 11.7 Å². The largest absolute Gasteiger partial charge is 0.490 e. The van der Waals surface area contributed by atoms with Crippen molar-refractivity contribution >= 4 is 39.1 Å². The first-order chi connectivity index (χ1) is 14.9. The van der Waals surface area contributed by atoms with Gasteiger partial charge in [0.2, 0.25) is 0 Å². The van der Waals surface area contributed by atoms with Crippen molar-refractivity contribution in [3.05, 3.63) is 91.6 Å². The van der Waals surface area contributed by atoms with Gasteiger partial charge in [0, 0.05) is 10.0 Å². The number of nitrogens with zero attached hydrogens (tertiary/aromatic N) is 1. The van der Waals surface area contributed by atoms with Crippen LogP contribution in [0.1, 0.15) is 22.6 Å². The summed E-state index contributed by atoms with van der Waals surface area (Å²) >= 11 is 15.6. The fourth-order valence-electron chi connectivity index (χ4n) is 3.09. The molecule has 3 rings (SSSR count). The Labute approximate surface area is 199 Å². The van der Waals surface area contributed by atoms with Crippen LogP contribution in [-0.2, 0) is 6.42 Å². The van der Waals surface area contributed by atoms with E-state index in [4.69, 9.17) is 32.7 Å². The molecule has 3 aromatic rings. The molecule has 0 aromatic heterocycles. The van der Waals surface area contributed by atoms with Crippen LogP contribution in [0.2, 0.25) is 10.0 Å². The third-order valence-electron chi connectivity index (χ3n) is 4.60. The number of ether oxygens (including phenoxy) is 2. The SMILES string of the molecule is Cc1cc(Cl)c(OCCOc2ccc(CC(C#N)c3ccc(Br)cc3F)cc2)c(Cl)c1. The highest BCUT2D eigenvalue weighted by Gasteiger charge is 2.16. The minimum Gasteiger partial charge on any atom is -0.490 e. The summed E-state index contributed by atoms with van der Waals surface area (Å²) in [4.78, 5) is 0. The average molecular weight is 523 g/mol. The predicted molar refractivity (Wildman–Crippen MR) is 125 cm³/mol. The zero-order valence-electron chi connectivity index (χ0n) is 16.7. The molecule has 0 heterocycles.